The highest BCUT2D eigenvalue weighted by atomic mass is 35.5. The van der Waals surface area contributed by atoms with Crippen LogP contribution in [0.15, 0.2) is 42.5 Å². The molecule has 2 aliphatic heterocycles. The summed E-state index contributed by atoms with van der Waals surface area (Å²) in [4.78, 5) is 15.5. The Morgan fingerprint density at radius 3 is 2.56 bits per heavy atom. The molecular formula is C22H22ClN2O2-. The third-order valence-corrected chi connectivity index (χ3v) is 6.80. The molecule has 5 heteroatoms. The Labute approximate surface area is 164 Å². The number of hydrogen-bond donors (Lipinski definition) is 0. The summed E-state index contributed by atoms with van der Waals surface area (Å²) in [5.74, 6) is -1.30. The first kappa shape index (κ1) is 16.9. The van der Waals surface area contributed by atoms with Crippen molar-refractivity contribution in [2.24, 2.45) is 5.92 Å². The van der Waals surface area contributed by atoms with E-state index in [-0.39, 0.29) is 11.3 Å². The molecule has 1 saturated heterocycles. The van der Waals surface area contributed by atoms with Gasteiger partial charge in [0.25, 0.3) is 0 Å². The van der Waals surface area contributed by atoms with E-state index in [9.17, 15) is 9.90 Å². The highest BCUT2D eigenvalue weighted by molar-refractivity contribution is 6.30. The molecule has 0 atom stereocenters. The molecule has 1 spiro atoms. The van der Waals surface area contributed by atoms with Crippen LogP contribution in [-0.4, -0.2) is 25.6 Å². The van der Waals surface area contributed by atoms with E-state index < -0.39 is 5.97 Å². The van der Waals surface area contributed by atoms with E-state index >= 15 is 0 Å². The fourth-order valence-electron chi connectivity index (χ4n) is 5.05. The maximum absolute atomic E-state index is 11.0. The number of carboxylic acid groups (broad SMARTS) is 1. The number of anilines is 3. The predicted molar refractivity (Wildman–Crippen MR) is 106 cm³/mol. The van der Waals surface area contributed by atoms with Gasteiger partial charge in [0.15, 0.2) is 0 Å². The van der Waals surface area contributed by atoms with E-state index in [1.165, 1.54) is 36.9 Å². The lowest BCUT2D eigenvalue weighted by atomic mass is 9.81. The van der Waals surface area contributed by atoms with Crippen molar-refractivity contribution in [2.45, 2.75) is 31.1 Å². The average molecular weight is 382 g/mol. The molecule has 140 valence electrons. The molecule has 5 rings (SSSR count). The van der Waals surface area contributed by atoms with Gasteiger partial charge in [-0.2, -0.15) is 0 Å². The number of carboxylic acids is 1. The third-order valence-electron chi connectivity index (χ3n) is 6.56. The van der Waals surface area contributed by atoms with Crippen molar-refractivity contribution < 1.29 is 9.90 Å². The molecule has 2 aromatic carbocycles. The topological polar surface area (TPSA) is 46.6 Å². The Balaban J connectivity index is 1.47. The fraction of sp³-hybridized carbons (Fsp3) is 0.409. The first-order chi connectivity index (χ1) is 13.1. The van der Waals surface area contributed by atoms with E-state index in [2.05, 4.69) is 46.2 Å². The Morgan fingerprint density at radius 1 is 1.07 bits per heavy atom. The highest BCUT2D eigenvalue weighted by Crippen LogP contribution is 2.53. The largest absolute Gasteiger partial charge is 0.550 e. The van der Waals surface area contributed by atoms with Crippen LogP contribution in [0.4, 0.5) is 17.1 Å². The van der Waals surface area contributed by atoms with Crippen LogP contribution in [0.25, 0.3) is 0 Å². The van der Waals surface area contributed by atoms with Crippen molar-refractivity contribution in [3.63, 3.8) is 0 Å². The zero-order chi connectivity index (χ0) is 18.6. The quantitative estimate of drug-likeness (QED) is 0.816. The van der Waals surface area contributed by atoms with Crippen LogP contribution in [0.2, 0.25) is 5.02 Å². The number of benzene rings is 2. The van der Waals surface area contributed by atoms with Gasteiger partial charge in [0.05, 0.1) is 0 Å². The maximum Gasteiger partial charge on any atom is 0.0480 e. The Hall–Kier alpha value is -2.20. The van der Waals surface area contributed by atoms with Gasteiger partial charge < -0.3 is 19.7 Å². The molecule has 1 aliphatic carbocycles. The first-order valence-corrected chi connectivity index (χ1v) is 10.1. The van der Waals surface area contributed by atoms with Gasteiger partial charge in [-0.3, -0.25) is 0 Å². The molecule has 2 heterocycles. The van der Waals surface area contributed by atoms with Crippen molar-refractivity contribution in [2.75, 3.05) is 29.4 Å². The number of aliphatic carboxylic acids is 1. The minimum atomic E-state index is -0.948. The summed E-state index contributed by atoms with van der Waals surface area (Å²) in [6.45, 7) is 2.05. The van der Waals surface area contributed by atoms with E-state index in [0.717, 1.165) is 22.9 Å². The zero-order valence-electron chi connectivity index (χ0n) is 15.2. The van der Waals surface area contributed by atoms with E-state index in [0.29, 0.717) is 13.1 Å². The third kappa shape index (κ3) is 2.69. The van der Waals surface area contributed by atoms with Crippen molar-refractivity contribution in [3.8, 4) is 0 Å². The molecule has 0 aromatic heterocycles. The van der Waals surface area contributed by atoms with Crippen LogP contribution in [0, 0.1) is 5.92 Å². The van der Waals surface area contributed by atoms with Gasteiger partial charge in [0, 0.05) is 59.0 Å². The van der Waals surface area contributed by atoms with Crippen LogP contribution >= 0.6 is 11.6 Å². The average Bonchev–Trinajstić information content (AvgIpc) is 3.20. The second-order valence-corrected chi connectivity index (χ2v) is 8.61. The molecule has 0 N–H and O–H groups in total. The molecule has 4 nitrogen and oxygen atoms in total. The van der Waals surface area contributed by atoms with Crippen LogP contribution < -0.4 is 14.9 Å². The standard InChI is InChI=1S/C22H23ClN2O2/c23-16-6-7-20-19(10-16)22(8-1-2-9-22)14-25(20)18-5-3-4-17(11-18)24-12-15(13-24)21(26)27/h3-7,10-11,15H,1-2,8-9,12-14H2,(H,26,27)/p-1. The number of carbonyl (C=O) groups excluding carboxylic acids is 1. The number of nitrogens with zero attached hydrogens (tertiary/aromatic N) is 2. The fourth-order valence-corrected chi connectivity index (χ4v) is 5.22. The molecule has 0 amide bonds. The van der Waals surface area contributed by atoms with Crippen molar-refractivity contribution >= 4 is 34.6 Å². The summed E-state index contributed by atoms with van der Waals surface area (Å²) in [5.41, 5.74) is 5.10. The number of fused-ring (bicyclic) bond motifs is 2. The van der Waals surface area contributed by atoms with Crippen molar-refractivity contribution in [3.05, 3.63) is 53.1 Å². The first-order valence-electron chi connectivity index (χ1n) is 9.69. The lowest BCUT2D eigenvalue weighted by Crippen LogP contribution is -2.54. The molecule has 1 saturated carbocycles. The van der Waals surface area contributed by atoms with Crippen LogP contribution in [0.5, 0.6) is 0 Å². The lowest BCUT2D eigenvalue weighted by molar-refractivity contribution is -0.312. The van der Waals surface area contributed by atoms with Gasteiger partial charge in [0.1, 0.15) is 0 Å². The van der Waals surface area contributed by atoms with Crippen LogP contribution in [0.1, 0.15) is 31.2 Å². The second-order valence-electron chi connectivity index (χ2n) is 8.18. The molecule has 2 fully saturated rings. The van der Waals surface area contributed by atoms with Gasteiger partial charge >= 0.3 is 0 Å². The lowest BCUT2D eigenvalue weighted by Gasteiger charge is -2.41. The maximum atomic E-state index is 11.0. The summed E-state index contributed by atoms with van der Waals surface area (Å²) in [7, 11) is 0. The molecule has 0 radical (unpaired) electrons. The van der Waals surface area contributed by atoms with E-state index in [1.807, 2.05) is 6.07 Å². The van der Waals surface area contributed by atoms with Gasteiger partial charge in [-0.05, 0) is 54.8 Å². The zero-order valence-corrected chi connectivity index (χ0v) is 15.9. The highest BCUT2D eigenvalue weighted by Gasteiger charge is 2.45. The smallest absolute Gasteiger partial charge is 0.0480 e. The number of rotatable bonds is 3. The monoisotopic (exact) mass is 381 g/mol. The van der Waals surface area contributed by atoms with Crippen molar-refractivity contribution in [1.82, 2.24) is 0 Å². The molecular weight excluding hydrogens is 360 g/mol. The number of hydrogen-bond acceptors (Lipinski definition) is 4. The van der Waals surface area contributed by atoms with Gasteiger partial charge in [-0.1, -0.05) is 30.5 Å². The molecule has 27 heavy (non-hydrogen) atoms. The summed E-state index contributed by atoms with van der Waals surface area (Å²) in [6.07, 6.45) is 4.99. The number of carbonyl (C=O) groups is 1. The molecule has 2 aromatic rings. The summed E-state index contributed by atoms with van der Waals surface area (Å²) >= 11 is 6.33. The van der Waals surface area contributed by atoms with Crippen LogP contribution in [-0.2, 0) is 10.2 Å². The summed E-state index contributed by atoms with van der Waals surface area (Å²) < 4.78 is 0. The second kappa shape index (κ2) is 6.16. The minimum absolute atomic E-state index is 0.215. The van der Waals surface area contributed by atoms with Gasteiger partial charge in [-0.25, -0.2) is 0 Å². The molecule has 3 aliphatic rings. The van der Waals surface area contributed by atoms with Gasteiger partial charge in [0.2, 0.25) is 0 Å². The summed E-state index contributed by atoms with van der Waals surface area (Å²) in [5, 5.41) is 11.8. The van der Waals surface area contributed by atoms with Crippen molar-refractivity contribution in [1.29, 1.82) is 0 Å². The molecule has 0 unspecified atom stereocenters. The normalized spacial score (nSPS) is 20.8. The summed E-state index contributed by atoms with van der Waals surface area (Å²) in [6, 6.07) is 14.7. The SMILES string of the molecule is O=C([O-])C1CN(c2cccc(N3CC4(CCCC4)c4cc(Cl)ccc43)c2)C1. The van der Waals surface area contributed by atoms with E-state index in [1.54, 1.807) is 0 Å². The Morgan fingerprint density at radius 2 is 1.81 bits per heavy atom. The predicted octanol–water partition coefficient (Wildman–Crippen LogP) is 3.49. The Bertz CT molecular complexity index is 901. The Kier molecular flexibility index (Phi) is 3.87. The van der Waals surface area contributed by atoms with Crippen LogP contribution in [0.3, 0.4) is 0 Å². The molecule has 0 bridgehead atoms. The number of halogens is 1. The van der Waals surface area contributed by atoms with Gasteiger partial charge in [-0.15, -0.1) is 0 Å². The van der Waals surface area contributed by atoms with E-state index in [4.69, 9.17) is 11.6 Å². The minimum Gasteiger partial charge on any atom is -0.550 e.